The normalized spacial score (nSPS) is 21.3. The Morgan fingerprint density at radius 3 is 2.59 bits per heavy atom. The summed E-state index contributed by atoms with van der Waals surface area (Å²) in [5, 5.41) is 2.99. The Kier molecular flexibility index (Phi) is 8.57. The highest BCUT2D eigenvalue weighted by Gasteiger charge is 2.34. The minimum absolute atomic E-state index is 0.0688. The summed E-state index contributed by atoms with van der Waals surface area (Å²) < 4.78 is 38.6. The average molecular weight is 516 g/mol. The maximum Gasteiger partial charge on any atom is 0.401 e. The minimum atomic E-state index is -4.19. The van der Waals surface area contributed by atoms with Crippen LogP contribution in [0.4, 0.5) is 18.9 Å². The third-order valence-electron chi connectivity index (χ3n) is 7.53. The standard InChI is InChI=1S/C29H36F3N3O2/c1-3-35(22-12-14-34(15-13-22)19-29(30,31)32)26-11-7-10-24-23(26)9-6-4-5-8-21-16-20(2)17-27(36)25(21)18-33-28(24)37/h4,6-7,10-11,16,22H,3,5,8-9,12-15,17-19H2,1-2H3,(H,33,37)/b6-4+. The Morgan fingerprint density at radius 1 is 1.14 bits per heavy atom. The molecule has 0 atom stereocenters. The van der Waals surface area contributed by atoms with Gasteiger partial charge in [-0.15, -0.1) is 0 Å². The van der Waals surface area contributed by atoms with E-state index in [2.05, 4.69) is 28.4 Å². The smallest absolute Gasteiger partial charge is 0.368 e. The van der Waals surface area contributed by atoms with E-state index >= 15 is 0 Å². The molecule has 5 nitrogen and oxygen atoms in total. The summed E-state index contributed by atoms with van der Waals surface area (Å²) in [7, 11) is 0. The fourth-order valence-corrected chi connectivity index (χ4v) is 5.77. The summed E-state index contributed by atoms with van der Waals surface area (Å²) in [6.45, 7) is 4.84. The first-order valence-corrected chi connectivity index (χ1v) is 13.2. The van der Waals surface area contributed by atoms with Crippen LogP contribution >= 0.6 is 0 Å². The molecule has 0 radical (unpaired) electrons. The van der Waals surface area contributed by atoms with Crippen LogP contribution in [0.5, 0.6) is 0 Å². The van der Waals surface area contributed by atoms with E-state index in [9.17, 15) is 22.8 Å². The number of amides is 1. The number of allylic oxidation sites excluding steroid dienone is 5. The molecule has 2 heterocycles. The van der Waals surface area contributed by atoms with E-state index in [4.69, 9.17) is 0 Å². The van der Waals surface area contributed by atoms with Crippen molar-refractivity contribution in [3.05, 3.63) is 64.3 Å². The predicted octanol–water partition coefficient (Wildman–Crippen LogP) is 5.38. The molecular weight excluding hydrogens is 479 g/mol. The minimum Gasteiger partial charge on any atom is -0.368 e. The molecule has 2 aliphatic heterocycles. The van der Waals surface area contributed by atoms with Crippen molar-refractivity contribution in [3.8, 4) is 0 Å². The number of hydrogen-bond acceptors (Lipinski definition) is 4. The van der Waals surface area contributed by atoms with Gasteiger partial charge in [-0.05, 0) is 69.2 Å². The van der Waals surface area contributed by atoms with Gasteiger partial charge in [-0.25, -0.2) is 0 Å². The molecule has 1 aliphatic carbocycles. The third-order valence-corrected chi connectivity index (χ3v) is 7.53. The molecule has 8 heteroatoms. The number of fused-ring (bicyclic) bond motifs is 1. The van der Waals surface area contributed by atoms with Gasteiger partial charge < -0.3 is 10.2 Å². The Bertz CT molecular complexity index is 1110. The number of rotatable bonds is 4. The van der Waals surface area contributed by atoms with Gasteiger partial charge in [0, 0.05) is 55.5 Å². The molecule has 4 rings (SSSR count). The lowest BCUT2D eigenvalue weighted by molar-refractivity contribution is -0.147. The molecule has 200 valence electrons. The van der Waals surface area contributed by atoms with Gasteiger partial charge in [0.05, 0.1) is 6.54 Å². The quantitative estimate of drug-likeness (QED) is 0.548. The third kappa shape index (κ3) is 6.72. The molecule has 0 unspecified atom stereocenters. The summed E-state index contributed by atoms with van der Waals surface area (Å²) in [6, 6.07) is 5.80. The van der Waals surface area contributed by atoms with Gasteiger partial charge in [-0.2, -0.15) is 13.2 Å². The zero-order valence-corrected chi connectivity index (χ0v) is 21.7. The van der Waals surface area contributed by atoms with Crippen LogP contribution in [0.1, 0.15) is 61.9 Å². The van der Waals surface area contributed by atoms with E-state index in [0.29, 0.717) is 56.5 Å². The number of anilines is 1. The van der Waals surface area contributed by atoms with Gasteiger partial charge >= 0.3 is 6.18 Å². The molecule has 1 saturated heterocycles. The molecule has 0 aromatic heterocycles. The SMILES string of the molecule is CCN(c1cccc2c1C/C=C/CCC1=C(CNC2=O)C(=O)CC(C)=C1)C1CCN(CC(F)(F)F)CC1. The monoisotopic (exact) mass is 515 g/mol. The molecule has 1 aromatic carbocycles. The fourth-order valence-electron chi connectivity index (χ4n) is 5.77. The lowest BCUT2D eigenvalue weighted by Crippen LogP contribution is -2.47. The number of nitrogens with one attached hydrogen (secondary N) is 1. The number of ketones is 1. The topological polar surface area (TPSA) is 52.7 Å². The van der Waals surface area contributed by atoms with E-state index in [1.54, 1.807) is 0 Å². The average Bonchev–Trinajstić information content (AvgIpc) is 2.83. The summed E-state index contributed by atoms with van der Waals surface area (Å²) in [6.07, 6.45) is 5.89. The number of carbonyl (C=O) groups excluding carboxylic acids is 2. The van der Waals surface area contributed by atoms with E-state index < -0.39 is 12.7 Å². The number of likely N-dealkylation sites (tertiary alicyclic amines) is 1. The van der Waals surface area contributed by atoms with Gasteiger partial charge in [0.15, 0.2) is 5.78 Å². The van der Waals surface area contributed by atoms with E-state index in [1.807, 2.05) is 32.0 Å². The number of nitrogens with zero attached hydrogens (tertiary/aromatic N) is 2. The van der Waals surface area contributed by atoms with Gasteiger partial charge in [0.25, 0.3) is 5.91 Å². The number of carbonyl (C=O) groups is 2. The van der Waals surface area contributed by atoms with Gasteiger partial charge in [-0.1, -0.05) is 29.9 Å². The van der Waals surface area contributed by atoms with Crippen molar-refractivity contribution in [1.29, 1.82) is 0 Å². The Balaban J connectivity index is 1.58. The van der Waals surface area contributed by atoms with Crippen molar-refractivity contribution in [2.24, 2.45) is 0 Å². The fraction of sp³-hybridized carbons (Fsp3) is 0.517. The predicted molar refractivity (Wildman–Crippen MR) is 140 cm³/mol. The number of benzene rings is 1. The highest BCUT2D eigenvalue weighted by Crippen LogP contribution is 2.31. The Morgan fingerprint density at radius 2 is 1.89 bits per heavy atom. The van der Waals surface area contributed by atoms with Crippen molar-refractivity contribution < 1.29 is 22.8 Å². The van der Waals surface area contributed by atoms with Crippen molar-refractivity contribution in [1.82, 2.24) is 10.2 Å². The number of piperidine rings is 1. The summed E-state index contributed by atoms with van der Waals surface area (Å²) in [5.74, 6) is -0.146. The second-order valence-corrected chi connectivity index (χ2v) is 10.2. The van der Waals surface area contributed by atoms with Crippen LogP contribution < -0.4 is 10.2 Å². The highest BCUT2D eigenvalue weighted by atomic mass is 19.4. The molecule has 1 N–H and O–H groups in total. The first-order chi connectivity index (χ1) is 17.7. The molecular formula is C29H36F3N3O2. The summed E-state index contributed by atoms with van der Waals surface area (Å²) >= 11 is 0. The molecule has 0 saturated carbocycles. The van der Waals surface area contributed by atoms with Crippen molar-refractivity contribution in [3.63, 3.8) is 0 Å². The second-order valence-electron chi connectivity index (χ2n) is 10.2. The van der Waals surface area contributed by atoms with E-state index in [1.165, 1.54) is 4.90 Å². The second kappa shape index (κ2) is 11.7. The lowest BCUT2D eigenvalue weighted by Gasteiger charge is -2.40. The maximum atomic E-state index is 13.4. The van der Waals surface area contributed by atoms with Crippen LogP contribution in [0.3, 0.4) is 0 Å². The largest absolute Gasteiger partial charge is 0.401 e. The molecule has 1 amide bonds. The van der Waals surface area contributed by atoms with Crippen LogP contribution in [0, 0.1) is 0 Å². The first kappa shape index (κ1) is 27.2. The molecule has 0 bridgehead atoms. The van der Waals surface area contributed by atoms with Crippen LogP contribution in [-0.4, -0.2) is 61.5 Å². The molecule has 3 aliphatic rings. The zero-order valence-electron chi connectivity index (χ0n) is 21.7. The number of halogens is 3. The lowest BCUT2D eigenvalue weighted by atomic mass is 9.89. The maximum absolute atomic E-state index is 13.4. The summed E-state index contributed by atoms with van der Waals surface area (Å²) in [5.41, 5.74) is 5.18. The Labute approximate surface area is 217 Å². The molecule has 1 fully saturated rings. The van der Waals surface area contributed by atoms with E-state index in [0.717, 1.165) is 35.2 Å². The van der Waals surface area contributed by atoms with Crippen molar-refractivity contribution >= 4 is 17.4 Å². The number of Topliss-reactive ketones (excluding diaryl/α,β-unsaturated/α-hetero) is 1. The number of hydrogen-bond donors (Lipinski definition) is 1. The van der Waals surface area contributed by atoms with Gasteiger partial charge in [0.2, 0.25) is 0 Å². The number of alkyl halides is 3. The van der Waals surface area contributed by atoms with Gasteiger partial charge in [0.1, 0.15) is 0 Å². The van der Waals surface area contributed by atoms with Crippen LogP contribution in [0.2, 0.25) is 0 Å². The summed E-state index contributed by atoms with van der Waals surface area (Å²) in [4.78, 5) is 29.8. The highest BCUT2D eigenvalue weighted by molar-refractivity contribution is 6.02. The van der Waals surface area contributed by atoms with Crippen LogP contribution in [0.15, 0.2) is 53.1 Å². The van der Waals surface area contributed by atoms with Crippen molar-refractivity contribution in [2.45, 2.75) is 64.6 Å². The molecule has 37 heavy (non-hydrogen) atoms. The molecule has 0 spiro atoms. The van der Waals surface area contributed by atoms with Crippen LogP contribution in [0.25, 0.3) is 0 Å². The first-order valence-electron chi connectivity index (χ1n) is 13.2. The Hall–Kier alpha value is -2.87. The molecule has 1 aromatic rings. The van der Waals surface area contributed by atoms with Crippen molar-refractivity contribution in [2.75, 3.05) is 37.6 Å². The van der Waals surface area contributed by atoms with Crippen LogP contribution in [-0.2, 0) is 11.2 Å². The van der Waals surface area contributed by atoms with E-state index in [-0.39, 0.29) is 24.3 Å². The zero-order chi connectivity index (χ0) is 26.6. The van der Waals surface area contributed by atoms with Gasteiger partial charge in [-0.3, -0.25) is 14.5 Å².